The topological polar surface area (TPSA) is 109 Å². The molecule has 2 aromatic carbocycles. The molecule has 33 heavy (non-hydrogen) atoms. The van der Waals surface area contributed by atoms with Crippen LogP contribution in [0.15, 0.2) is 65.0 Å². The molecule has 2 heterocycles. The number of ether oxygens (including phenoxy) is 1. The number of aromatic nitrogens is 1. The van der Waals surface area contributed by atoms with E-state index in [2.05, 4.69) is 9.71 Å². The molecule has 1 aliphatic rings. The molecule has 174 valence electrons. The van der Waals surface area contributed by atoms with Crippen molar-refractivity contribution in [2.75, 3.05) is 31.0 Å². The Bertz CT molecular complexity index is 1220. The summed E-state index contributed by atoms with van der Waals surface area (Å²) in [6.45, 7) is 0.371. The van der Waals surface area contributed by atoms with Crippen molar-refractivity contribution in [3.05, 3.63) is 77.1 Å². The first-order valence-corrected chi connectivity index (χ1v) is 12.5. The van der Waals surface area contributed by atoms with Gasteiger partial charge in [-0.05, 0) is 35.9 Å². The molecule has 11 heteroatoms. The van der Waals surface area contributed by atoms with Crippen molar-refractivity contribution in [1.29, 1.82) is 0 Å². The van der Waals surface area contributed by atoms with E-state index >= 15 is 0 Å². The predicted octanol–water partition coefficient (Wildman–Crippen LogP) is 2.53. The van der Waals surface area contributed by atoms with Gasteiger partial charge in [0.1, 0.15) is 11.4 Å². The maximum atomic E-state index is 14.1. The van der Waals surface area contributed by atoms with E-state index < -0.39 is 21.4 Å². The lowest BCUT2D eigenvalue weighted by molar-refractivity contribution is -0.0348. The highest BCUT2D eigenvalue weighted by Gasteiger charge is 2.35. The molecule has 3 aromatic rings. The molecule has 8 nitrogen and oxygen atoms in total. The van der Waals surface area contributed by atoms with E-state index in [0.717, 1.165) is 11.3 Å². The summed E-state index contributed by atoms with van der Waals surface area (Å²) in [5.74, 6) is -0.819. The average Bonchev–Trinajstić information content (AvgIpc) is 3.21. The Balaban J connectivity index is 1.49. The highest BCUT2D eigenvalue weighted by molar-refractivity contribution is 7.93. The molecule has 4 rings (SSSR count). The van der Waals surface area contributed by atoms with Crippen molar-refractivity contribution in [2.45, 2.75) is 16.9 Å². The molecular weight excluding hydrogens is 469 g/mol. The number of amides is 1. The fourth-order valence-electron chi connectivity index (χ4n) is 3.60. The first kappa shape index (κ1) is 23.3. The summed E-state index contributed by atoms with van der Waals surface area (Å²) in [4.78, 5) is 18.4. The molecule has 0 saturated carbocycles. The summed E-state index contributed by atoms with van der Waals surface area (Å²) >= 11 is 1.15. The van der Waals surface area contributed by atoms with Crippen LogP contribution in [-0.2, 0) is 21.2 Å². The summed E-state index contributed by atoms with van der Waals surface area (Å²) < 4.78 is 47.0. The van der Waals surface area contributed by atoms with Crippen LogP contribution in [0.5, 0.6) is 0 Å². The van der Waals surface area contributed by atoms with Crippen molar-refractivity contribution < 1.29 is 27.4 Å². The number of anilines is 1. The predicted molar refractivity (Wildman–Crippen MR) is 121 cm³/mol. The molecule has 1 fully saturated rings. The van der Waals surface area contributed by atoms with E-state index in [4.69, 9.17) is 4.74 Å². The van der Waals surface area contributed by atoms with Crippen LogP contribution in [0.25, 0.3) is 0 Å². The number of nitrogens with zero attached hydrogens (tertiary/aromatic N) is 2. The minimum absolute atomic E-state index is 0.00972. The summed E-state index contributed by atoms with van der Waals surface area (Å²) in [7, 11) is -3.84. The molecule has 1 saturated heterocycles. The maximum absolute atomic E-state index is 14.1. The van der Waals surface area contributed by atoms with Gasteiger partial charge in [-0.2, -0.15) is 0 Å². The van der Waals surface area contributed by atoms with E-state index in [1.807, 2.05) is 0 Å². The Morgan fingerprint density at radius 3 is 2.70 bits per heavy atom. The largest absolute Gasteiger partial charge is 0.385 e. The third-order valence-corrected chi connectivity index (χ3v) is 7.36. The number of sulfonamides is 1. The molecule has 0 spiro atoms. The summed E-state index contributed by atoms with van der Waals surface area (Å²) in [6.07, 6.45) is 1.48. The quantitative estimate of drug-likeness (QED) is 0.549. The number of thiazole rings is 1. The lowest BCUT2D eigenvalue weighted by Gasteiger charge is -2.31. The van der Waals surface area contributed by atoms with Crippen molar-refractivity contribution in [3.63, 3.8) is 0 Å². The van der Waals surface area contributed by atoms with Gasteiger partial charge >= 0.3 is 0 Å². The molecule has 0 radical (unpaired) electrons. The lowest BCUT2D eigenvalue weighted by Crippen LogP contribution is -2.48. The smallest absolute Gasteiger partial charge is 0.263 e. The number of benzene rings is 2. The van der Waals surface area contributed by atoms with Crippen LogP contribution in [0.3, 0.4) is 0 Å². The SMILES string of the molecule is O=C(c1ccc(S(=O)(=O)Nc2nccs2)cc1)N1CCOCC(O)(Cc2ccccc2F)C1. The van der Waals surface area contributed by atoms with Gasteiger partial charge in [-0.25, -0.2) is 17.8 Å². The molecular formula is C22H22FN3O5S2. The Morgan fingerprint density at radius 1 is 1.24 bits per heavy atom. The molecule has 1 amide bonds. The molecule has 1 unspecified atom stereocenters. The number of hydrogen-bond donors (Lipinski definition) is 2. The van der Waals surface area contributed by atoms with E-state index in [9.17, 15) is 22.7 Å². The number of β-amino-alcohol motifs (C(OH)–C–C–N with tert-alkyl or cyclic N) is 1. The summed E-state index contributed by atoms with van der Waals surface area (Å²) in [5, 5.41) is 13.0. The van der Waals surface area contributed by atoms with Crippen molar-refractivity contribution in [2.24, 2.45) is 0 Å². The summed E-state index contributed by atoms with van der Waals surface area (Å²) in [5.41, 5.74) is -0.867. The van der Waals surface area contributed by atoms with Gasteiger partial charge in [0, 0.05) is 30.1 Å². The van der Waals surface area contributed by atoms with Gasteiger partial charge in [-0.1, -0.05) is 18.2 Å². The van der Waals surface area contributed by atoms with Crippen molar-refractivity contribution >= 4 is 32.4 Å². The van der Waals surface area contributed by atoms with Crippen LogP contribution in [0.2, 0.25) is 0 Å². The minimum Gasteiger partial charge on any atom is -0.385 e. The minimum atomic E-state index is -3.84. The van der Waals surface area contributed by atoms with Crippen LogP contribution >= 0.6 is 11.3 Å². The Kier molecular flexibility index (Phi) is 6.75. The standard InChI is InChI=1S/C22H22FN3O5S2/c23-19-4-2-1-3-17(19)13-22(28)14-26(10-11-31-15-22)20(27)16-5-7-18(8-6-16)33(29,30)25-21-24-9-12-32-21/h1-9,12,28H,10-11,13-15H2,(H,24,25). The second kappa shape index (κ2) is 9.56. The van der Waals surface area contributed by atoms with Crippen LogP contribution in [0.4, 0.5) is 9.52 Å². The Morgan fingerprint density at radius 2 is 2.00 bits per heavy atom. The first-order valence-electron chi connectivity index (χ1n) is 10.1. The van der Waals surface area contributed by atoms with E-state index in [-0.39, 0.29) is 54.2 Å². The molecule has 1 aromatic heterocycles. The molecule has 0 bridgehead atoms. The zero-order chi connectivity index (χ0) is 23.5. The van der Waals surface area contributed by atoms with E-state index in [1.54, 1.807) is 23.6 Å². The van der Waals surface area contributed by atoms with Gasteiger partial charge in [0.15, 0.2) is 5.13 Å². The fourth-order valence-corrected chi connectivity index (χ4v) is 5.39. The van der Waals surface area contributed by atoms with Crippen LogP contribution < -0.4 is 4.72 Å². The molecule has 2 N–H and O–H groups in total. The van der Waals surface area contributed by atoms with E-state index in [1.165, 1.54) is 41.4 Å². The van der Waals surface area contributed by atoms with Gasteiger partial charge in [-0.15, -0.1) is 11.3 Å². The highest BCUT2D eigenvalue weighted by atomic mass is 32.2. The van der Waals surface area contributed by atoms with Crippen LogP contribution in [0.1, 0.15) is 15.9 Å². The van der Waals surface area contributed by atoms with Gasteiger partial charge < -0.3 is 14.7 Å². The van der Waals surface area contributed by atoms with E-state index in [0.29, 0.717) is 5.56 Å². The Labute approximate surface area is 194 Å². The third-order valence-electron chi connectivity index (χ3n) is 5.19. The number of carbonyl (C=O) groups is 1. The fraction of sp³-hybridized carbons (Fsp3) is 0.273. The van der Waals surface area contributed by atoms with Crippen LogP contribution in [-0.4, -0.2) is 61.2 Å². The highest BCUT2D eigenvalue weighted by Crippen LogP contribution is 2.23. The van der Waals surface area contributed by atoms with Gasteiger partial charge in [0.2, 0.25) is 0 Å². The molecule has 1 atom stereocenters. The second-order valence-corrected chi connectivity index (χ2v) is 10.3. The van der Waals surface area contributed by atoms with Crippen molar-refractivity contribution in [1.82, 2.24) is 9.88 Å². The van der Waals surface area contributed by atoms with Crippen LogP contribution in [0, 0.1) is 5.82 Å². The normalized spacial score (nSPS) is 19.2. The zero-order valence-electron chi connectivity index (χ0n) is 17.5. The number of nitrogens with one attached hydrogen (secondary N) is 1. The first-order chi connectivity index (χ1) is 15.8. The zero-order valence-corrected chi connectivity index (χ0v) is 19.1. The average molecular weight is 492 g/mol. The third kappa shape index (κ3) is 5.56. The monoisotopic (exact) mass is 491 g/mol. The molecule has 0 aliphatic carbocycles. The number of rotatable bonds is 6. The number of halogens is 1. The number of carbonyl (C=O) groups excluding carboxylic acids is 1. The maximum Gasteiger partial charge on any atom is 0.263 e. The Hall–Kier alpha value is -2.86. The molecule has 1 aliphatic heterocycles. The summed E-state index contributed by atoms with van der Waals surface area (Å²) in [6, 6.07) is 11.7. The van der Waals surface area contributed by atoms with Gasteiger partial charge in [0.05, 0.1) is 24.7 Å². The lowest BCUT2D eigenvalue weighted by atomic mass is 9.94. The van der Waals surface area contributed by atoms with Gasteiger partial charge in [0.25, 0.3) is 15.9 Å². The van der Waals surface area contributed by atoms with Crippen molar-refractivity contribution in [3.8, 4) is 0 Å². The number of aliphatic hydroxyl groups is 1. The number of hydrogen-bond acceptors (Lipinski definition) is 7. The van der Waals surface area contributed by atoms with Gasteiger partial charge in [-0.3, -0.25) is 9.52 Å². The second-order valence-electron chi connectivity index (χ2n) is 7.74.